The molecule has 0 bridgehead atoms. The molecule has 3 nitrogen and oxygen atoms in total. The van der Waals surface area contributed by atoms with Crippen molar-refractivity contribution in [2.24, 2.45) is 0 Å². The van der Waals surface area contributed by atoms with Gasteiger partial charge < -0.3 is 5.32 Å². The monoisotopic (exact) mass is 233 g/mol. The SMILES string of the molecule is CNc1nc(C)nc(-c2csc(C)c2)c1C. The maximum atomic E-state index is 4.52. The third-order valence-electron chi connectivity index (χ3n) is 2.50. The molecule has 0 radical (unpaired) electrons. The van der Waals surface area contributed by atoms with Crippen molar-refractivity contribution in [2.45, 2.75) is 20.8 Å². The summed E-state index contributed by atoms with van der Waals surface area (Å²) in [6.07, 6.45) is 0. The fourth-order valence-electron chi connectivity index (χ4n) is 1.72. The van der Waals surface area contributed by atoms with Gasteiger partial charge in [-0.1, -0.05) is 0 Å². The lowest BCUT2D eigenvalue weighted by Crippen LogP contribution is -2.02. The molecule has 0 aromatic carbocycles. The van der Waals surface area contributed by atoms with Crippen molar-refractivity contribution in [3.8, 4) is 11.3 Å². The van der Waals surface area contributed by atoms with Gasteiger partial charge in [-0.05, 0) is 26.8 Å². The van der Waals surface area contributed by atoms with E-state index in [1.807, 2.05) is 20.9 Å². The number of anilines is 1. The standard InChI is InChI=1S/C12H15N3S/c1-7-5-10(6-16-7)11-8(2)12(13-4)15-9(3)14-11/h5-6H,1-4H3,(H,13,14,15). The first-order chi connectivity index (χ1) is 7.61. The molecule has 0 unspecified atom stereocenters. The Kier molecular flexibility index (Phi) is 2.92. The van der Waals surface area contributed by atoms with Crippen LogP contribution in [0.5, 0.6) is 0 Å². The molecule has 0 spiro atoms. The zero-order valence-electron chi connectivity index (χ0n) is 9.96. The van der Waals surface area contributed by atoms with Gasteiger partial charge in [0.25, 0.3) is 0 Å². The summed E-state index contributed by atoms with van der Waals surface area (Å²) in [4.78, 5) is 10.2. The van der Waals surface area contributed by atoms with Gasteiger partial charge in [0.2, 0.25) is 0 Å². The minimum Gasteiger partial charge on any atom is -0.373 e. The van der Waals surface area contributed by atoms with Gasteiger partial charge in [-0.15, -0.1) is 11.3 Å². The smallest absolute Gasteiger partial charge is 0.132 e. The van der Waals surface area contributed by atoms with E-state index < -0.39 is 0 Å². The highest BCUT2D eigenvalue weighted by atomic mass is 32.1. The van der Waals surface area contributed by atoms with Gasteiger partial charge in [-0.2, -0.15) is 0 Å². The predicted octanol–water partition coefficient (Wildman–Crippen LogP) is 3.17. The Hall–Kier alpha value is -1.42. The summed E-state index contributed by atoms with van der Waals surface area (Å²) in [5.41, 5.74) is 3.31. The molecule has 0 atom stereocenters. The molecule has 2 rings (SSSR count). The van der Waals surface area contributed by atoms with E-state index in [1.54, 1.807) is 11.3 Å². The summed E-state index contributed by atoms with van der Waals surface area (Å²) in [7, 11) is 1.89. The molecular weight excluding hydrogens is 218 g/mol. The fraction of sp³-hybridized carbons (Fsp3) is 0.333. The summed E-state index contributed by atoms with van der Waals surface area (Å²) in [5.74, 6) is 1.71. The van der Waals surface area contributed by atoms with Gasteiger partial charge in [0.1, 0.15) is 11.6 Å². The second-order valence-corrected chi connectivity index (χ2v) is 4.90. The molecule has 2 aromatic rings. The zero-order chi connectivity index (χ0) is 11.7. The molecule has 2 heterocycles. The second kappa shape index (κ2) is 4.22. The van der Waals surface area contributed by atoms with Crippen molar-refractivity contribution in [2.75, 3.05) is 12.4 Å². The van der Waals surface area contributed by atoms with Gasteiger partial charge >= 0.3 is 0 Å². The van der Waals surface area contributed by atoms with Gasteiger partial charge in [0, 0.05) is 28.4 Å². The molecular formula is C12H15N3S. The number of thiophene rings is 1. The van der Waals surface area contributed by atoms with Crippen LogP contribution in [0.3, 0.4) is 0 Å². The Morgan fingerprint density at radius 1 is 1.19 bits per heavy atom. The number of hydrogen-bond donors (Lipinski definition) is 1. The van der Waals surface area contributed by atoms with Crippen LogP contribution in [-0.2, 0) is 0 Å². The maximum Gasteiger partial charge on any atom is 0.132 e. The molecule has 4 heteroatoms. The number of aryl methyl sites for hydroxylation is 2. The molecule has 0 aliphatic heterocycles. The second-order valence-electron chi connectivity index (χ2n) is 3.79. The normalized spacial score (nSPS) is 10.5. The minimum absolute atomic E-state index is 0.800. The van der Waals surface area contributed by atoms with Crippen LogP contribution in [0.2, 0.25) is 0 Å². The molecule has 0 saturated heterocycles. The molecule has 0 fully saturated rings. The topological polar surface area (TPSA) is 37.8 Å². The molecule has 1 N–H and O–H groups in total. The van der Waals surface area contributed by atoms with Crippen LogP contribution in [0.15, 0.2) is 11.4 Å². The molecule has 0 aliphatic rings. The van der Waals surface area contributed by atoms with E-state index in [1.165, 1.54) is 10.4 Å². The van der Waals surface area contributed by atoms with Crippen LogP contribution in [0.1, 0.15) is 16.3 Å². The van der Waals surface area contributed by atoms with Crippen LogP contribution in [0, 0.1) is 20.8 Å². The van der Waals surface area contributed by atoms with E-state index in [9.17, 15) is 0 Å². The van der Waals surface area contributed by atoms with Crippen molar-refractivity contribution in [1.82, 2.24) is 9.97 Å². The minimum atomic E-state index is 0.800. The van der Waals surface area contributed by atoms with Crippen molar-refractivity contribution < 1.29 is 0 Å². The highest BCUT2D eigenvalue weighted by Gasteiger charge is 2.10. The van der Waals surface area contributed by atoms with Crippen molar-refractivity contribution >= 4 is 17.2 Å². The quantitative estimate of drug-likeness (QED) is 0.865. The van der Waals surface area contributed by atoms with Gasteiger partial charge in [0.05, 0.1) is 5.69 Å². The summed E-state index contributed by atoms with van der Waals surface area (Å²) in [6.45, 7) is 6.08. The Morgan fingerprint density at radius 2 is 1.94 bits per heavy atom. The lowest BCUT2D eigenvalue weighted by Gasteiger charge is -2.09. The first-order valence-electron chi connectivity index (χ1n) is 5.20. The first-order valence-corrected chi connectivity index (χ1v) is 6.08. The van der Waals surface area contributed by atoms with E-state index in [0.29, 0.717) is 0 Å². The Labute approximate surface area is 99.6 Å². The third-order valence-corrected chi connectivity index (χ3v) is 3.36. The van der Waals surface area contributed by atoms with Crippen LogP contribution in [-0.4, -0.2) is 17.0 Å². The summed E-state index contributed by atoms with van der Waals surface area (Å²) >= 11 is 1.75. The number of rotatable bonds is 2. The van der Waals surface area contributed by atoms with Crippen LogP contribution < -0.4 is 5.32 Å². The Bertz CT molecular complexity index is 517. The van der Waals surface area contributed by atoms with Crippen LogP contribution >= 0.6 is 11.3 Å². The van der Waals surface area contributed by atoms with Gasteiger partial charge in [-0.25, -0.2) is 9.97 Å². The molecule has 0 aliphatic carbocycles. The molecule has 84 valence electrons. The summed E-state index contributed by atoms with van der Waals surface area (Å²) in [6, 6.07) is 2.17. The maximum absolute atomic E-state index is 4.52. The summed E-state index contributed by atoms with van der Waals surface area (Å²) in [5, 5.41) is 5.25. The summed E-state index contributed by atoms with van der Waals surface area (Å²) < 4.78 is 0. The third kappa shape index (κ3) is 1.93. The number of nitrogens with zero attached hydrogens (tertiary/aromatic N) is 2. The van der Waals surface area contributed by atoms with Gasteiger partial charge in [-0.3, -0.25) is 0 Å². The van der Waals surface area contributed by atoms with E-state index in [2.05, 4.69) is 33.7 Å². The van der Waals surface area contributed by atoms with Crippen LogP contribution in [0.4, 0.5) is 5.82 Å². The highest BCUT2D eigenvalue weighted by molar-refractivity contribution is 7.10. The zero-order valence-corrected chi connectivity index (χ0v) is 10.8. The lowest BCUT2D eigenvalue weighted by molar-refractivity contribution is 1.04. The lowest BCUT2D eigenvalue weighted by atomic mass is 10.1. The first kappa shape index (κ1) is 11.1. The predicted molar refractivity (Wildman–Crippen MR) is 69.1 cm³/mol. The number of hydrogen-bond acceptors (Lipinski definition) is 4. The fourth-order valence-corrected chi connectivity index (χ4v) is 2.41. The Balaban J connectivity index is 2.60. The average molecular weight is 233 g/mol. The van der Waals surface area contributed by atoms with Crippen LogP contribution in [0.25, 0.3) is 11.3 Å². The van der Waals surface area contributed by atoms with E-state index in [-0.39, 0.29) is 0 Å². The van der Waals surface area contributed by atoms with Crippen molar-refractivity contribution in [3.63, 3.8) is 0 Å². The highest BCUT2D eigenvalue weighted by Crippen LogP contribution is 2.28. The van der Waals surface area contributed by atoms with E-state index in [0.717, 1.165) is 22.9 Å². The number of nitrogens with one attached hydrogen (secondary N) is 1. The van der Waals surface area contributed by atoms with Crippen molar-refractivity contribution in [1.29, 1.82) is 0 Å². The van der Waals surface area contributed by atoms with Crippen molar-refractivity contribution in [3.05, 3.63) is 27.7 Å². The molecule has 16 heavy (non-hydrogen) atoms. The largest absolute Gasteiger partial charge is 0.373 e. The van der Waals surface area contributed by atoms with E-state index >= 15 is 0 Å². The number of aromatic nitrogens is 2. The molecule has 0 amide bonds. The Morgan fingerprint density at radius 3 is 2.50 bits per heavy atom. The van der Waals surface area contributed by atoms with E-state index in [4.69, 9.17) is 0 Å². The van der Waals surface area contributed by atoms with Gasteiger partial charge in [0.15, 0.2) is 0 Å². The average Bonchev–Trinajstić information content (AvgIpc) is 2.67. The molecule has 2 aromatic heterocycles. The molecule has 0 saturated carbocycles.